The highest BCUT2D eigenvalue weighted by Crippen LogP contribution is 2.27. The fraction of sp³-hybridized carbons (Fsp3) is 0.158. The molecule has 0 saturated carbocycles. The number of nitrogens with one attached hydrogen (secondary N) is 2. The van der Waals surface area contributed by atoms with Gasteiger partial charge >= 0.3 is 0 Å². The summed E-state index contributed by atoms with van der Waals surface area (Å²) in [7, 11) is -3.70. The number of carbonyl (C=O) groups excluding carboxylic acids is 1. The average molecular weight is 402 g/mol. The number of sulfonamides is 1. The van der Waals surface area contributed by atoms with Gasteiger partial charge in [0, 0.05) is 29.2 Å². The fourth-order valence-electron chi connectivity index (χ4n) is 2.15. The van der Waals surface area contributed by atoms with Crippen LogP contribution in [-0.2, 0) is 10.0 Å². The molecule has 0 fully saturated rings. The summed E-state index contributed by atoms with van der Waals surface area (Å²) >= 11 is 1.56. The SMILES string of the molecule is C=CCSc1ccccc1NC(=O)c1ccc(S(=O)(=O)NCCC#N)cc1. The molecule has 0 spiro atoms. The molecule has 27 heavy (non-hydrogen) atoms. The lowest BCUT2D eigenvalue weighted by molar-refractivity contribution is 0.102. The highest BCUT2D eigenvalue weighted by Gasteiger charge is 2.15. The monoisotopic (exact) mass is 401 g/mol. The quantitative estimate of drug-likeness (QED) is 0.381. The minimum absolute atomic E-state index is 0.0407. The van der Waals surface area contributed by atoms with Gasteiger partial charge in [0.25, 0.3) is 5.91 Å². The average Bonchev–Trinajstić information content (AvgIpc) is 2.67. The lowest BCUT2D eigenvalue weighted by Crippen LogP contribution is -2.24. The van der Waals surface area contributed by atoms with Gasteiger partial charge in [-0.25, -0.2) is 13.1 Å². The van der Waals surface area contributed by atoms with Gasteiger partial charge in [0.05, 0.1) is 16.7 Å². The molecule has 1 amide bonds. The molecule has 0 aliphatic carbocycles. The Morgan fingerprint density at radius 3 is 2.56 bits per heavy atom. The molecule has 8 heteroatoms. The minimum Gasteiger partial charge on any atom is -0.321 e. The highest BCUT2D eigenvalue weighted by atomic mass is 32.2. The van der Waals surface area contributed by atoms with E-state index in [1.807, 2.05) is 24.3 Å². The molecule has 2 aromatic rings. The smallest absolute Gasteiger partial charge is 0.255 e. The molecule has 0 bridgehead atoms. The van der Waals surface area contributed by atoms with Gasteiger partial charge in [0.1, 0.15) is 0 Å². The first kappa shape index (κ1) is 20.7. The molecule has 0 saturated heterocycles. The van der Waals surface area contributed by atoms with Crippen molar-refractivity contribution in [2.24, 2.45) is 0 Å². The summed E-state index contributed by atoms with van der Waals surface area (Å²) in [5, 5.41) is 11.3. The second-order valence-corrected chi connectivity index (χ2v) is 8.21. The Kier molecular flexibility index (Phi) is 7.61. The summed E-state index contributed by atoms with van der Waals surface area (Å²) in [6, 6.07) is 14.9. The Bertz CT molecular complexity index is 949. The molecule has 2 aromatic carbocycles. The van der Waals surface area contributed by atoms with Crippen molar-refractivity contribution in [1.29, 1.82) is 5.26 Å². The number of nitriles is 1. The summed E-state index contributed by atoms with van der Waals surface area (Å²) in [6.45, 7) is 3.73. The van der Waals surface area contributed by atoms with Crippen LogP contribution >= 0.6 is 11.8 Å². The highest BCUT2D eigenvalue weighted by molar-refractivity contribution is 7.99. The van der Waals surface area contributed by atoms with E-state index in [2.05, 4.69) is 16.6 Å². The zero-order valence-electron chi connectivity index (χ0n) is 14.5. The van der Waals surface area contributed by atoms with Crippen LogP contribution in [0, 0.1) is 11.3 Å². The Labute approximate surface area is 163 Å². The number of para-hydroxylation sites is 1. The molecule has 0 atom stereocenters. The van der Waals surface area contributed by atoms with E-state index in [0.717, 1.165) is 10.6 Å². The van der Waals surface area contributed by atoms with Crippen molar-refractivity contribution in [3.05, 3.63) is 66.7 Å². The minimum atomic E-state index is -3.70. The Hall–Kier alpha value is -2.60. The standard InChI is InChI=1S/C19H19N3O3S2/c1-2-14-26-18-7-4-3-6-17(18)22-19(23)15-8-10-16(11-9-15)27(24,25)21-13-5-12-20/h2-4,6-11,21H,1,5,13-14H2,(H,22,23). The molecule has 0 heterocycles. The molecule has 0 aliphatic rings. The second-order valence-electron chi connectivity index (χ2n) is 5.38. The Morgan fingerprint density at radius 2 is 1.89 bits per heavy atom. The third-order valence-electron chi connectivity index (χ3n) is 3.45. The van der Waals surface area contributed by atoms with Gasteiger partial charge in [-0.3, -0.25) is 4.79 Å². The Morgan fingerprint density at radius 1 is 1.19 bits per heavy atom. The van der Waals surface area contributed by atoms with E-state index in [1.54, 1.807) is 23.9 Å². The van der Waals surface area contributed by atoms with Gasteiger partial charge < -0.3 is 5.32 Å². The number of anilines is 1. The molecule has 6 nitrogen and oxygen atoms in total. The number of thioether (sulfide) groups is 1. The van der Waals surface area contributed by atoms with E-state index < -0.39 is 10.0 Å². The van der Waals surface area contributed by atoms with Crippen LogP contribution in [0.2, 0.25) is 0 Å². The van der Waals surface area contributed by atoms with Gasteiger partial charge in [-0.05, 0) is 36.4 Å². The van der Waals surface area contributed by atoms with Crippen LogP contribution in [0.5, 0.6) is 0 Å². The first-order valence-corrected chi connectivity index (χ1v) is 10.6. The third-order valence-corrected chi connectivity index (χ3v) is 5.99. The number of amides is 1. The van der Waals surface area contributed by atoms with Gasteiger partial charge in [-0.2, -0.15) is 5.26 Å². The first-order valence-electron chi connectivity index (χ1n) is 8.08. The fourth-order valence-corrected chi connectivity index (χ4v) is 3.93. The third kappa shape index (κ3) is 5.96. The van der Waals surface area contributed by atoms with Crippen LogP contribution in [0.3, 0.4) is 0 Å². The molecule has 0 aliphatic heterocycles. The Balaban J connectivity index is 2.10. The van der Waals surface area contributed by atoms with Gasteiger partial charge in [0.15, 0.2) is 0 Å². The van der Waals surface area contributed by atoms with E-state index in [0.29, 0.717) is 11.3 Å². The summed E-state index contributed by atoms with van der Waals surface area (Å²) in [4.78, 5) is 13.4. The van der Waals surface area contributed by atoms with Gasteiger partial charge in [0.2, 0.25) is 10.0 Å². The van der Waals surface area contributed by atoms with Gasteiger partial charge in [-0.15, -0.1) is 18.3 Å². The summed E-state index contributed by atoms with van der Waals surface area (Å²) in [5.74, 6) is 0.390. The zero-order chi connectivity index (χ0) is 19.7. The van der Waals surface area contributed by atoms with Crippen molar-refractivity contribution >= 4 is 33.4 Å². The van der Waals surface area contributed by atoms with Crippen molar-refractivity contribution in [2.45, 2.75) is 16.2 Å². The van der Waals surface area contributed by atoms with Crippen LogP contribution in [0.4, 0.5) is 5.69 Å². The maximum atomic E-state index is 12.5. The molecular weight excluding hydrogens is 382 g/mol. The van der Waals surface area contributed by atoms with Crippen molar-refractivity contribution < 1.29 is 13.2 Å². The maximum absolute atomic E-state index is 12.5. The number of hydrogen-bond acceptors (Lipinski definition) is 5. The van der Waals surface area contributed by atoms with Crippen molar-refractivity contribution in [3.63, 3.8) is 0 Å². The number of hydrogen-bond donors (Lipinski definition) is 2. The first-order chi connectivity index (χ1) is 13.0. The molecule has 0 radical (unpaired) electrons. The lowest BCUT2D eigenvalue weighted by Gasteiger charge is -2.11. The molecule has 0 aromatic heterocycles. The maximum Gasteiger partial charge on any atom is 0.255 e. The van der Waals surface area contributed by atoms with Crippen LogP contribution < -0.4 is 10.0 Å². The van der Waals surface area contributed by atoms with Crippen LogP contribution in [0.1, 0.15) is 16.8 Å². The van der Waals surface area contributed by atoms with E-state index in [-0.39, 0.29) is 23.8 Å². The van der Waals surface area contributed by atoms with Crippen LogP contribution in [0.25, 0.3) is 0 Å². The lowest BCUT2D eigenvalue weighted by atomic mass is 10.2. The number of rotatable bonds is 9. The van der Waals surface area contributed by atoms with E-state index in [4.69, 9.17) is 5.26 Å². The summed E-state index contributed by atoms with van der Waals surface area (Å²) < 4.78 is 26.5. The number of nitrogens with zero attached hydrogens (tertiary/aromatic N) is 1. The van der Waals surface area contributed by atoms with Crippen molar-refractivity contribution in [2.75, 3.05) is 17.6 Å². The molecule has 2 rings (SSSR count). The summed E-state index contributed by atoms with van der Waals surface area (Å²) in [6.07, 6.45) is 1.87. The van der Waals surface area contributed by atoms with Crippen LogP contribution in [0.15, 0.2) is 71.0 Å². The zero-order valence-corrected chi connectivity index (χ0v) is 16.1. The molecule has 0 unspecified atom stereocenters. The second kappa shape index (κ2) is 9.92. The predicted molar refractivity (Wildman–Crippen MR) is 107 cm³/mol. The summed E-state index contributed by atoms with van der Waals surface area (Å²) in [5.41, 5.74) is 1.03. The van der Waals surface area contributed by atoms with E-state index >= 15 is 0 Å². The topological polar surface area (TPSA) is 99.1 Å². The van der Waals surface area contributed by atoms with Crippen molar-refractivity contribution in [3.8, 4) is 6.07 Å². The number of carbonyl (C=O) groups is 1. The normalized spacial score (nSPS) is 10.8. The van der Waals surface area contributed by atoms with E-state index in [1.165, 1.54) is 24.3 Å². The largest absolute Gasteiger partial charge is 0.321 e. The molecule has 140 valence electrons. The van der Waals surface area contributed by atoms with E-state index in [9.17, 15) is 13.2 Å². The van der Waals surface area contributed by atoms with Gasteiger partial charge in [-0.1, -0.05) is 18.2 Å². The van der Waals surface area contributed by atoms with Crippen molar-refractivity contribution in [1.82, 2.24) is 4.72 Å². The predicted octanol–water partition coefficient (Wildman–Crippen LogP) is 3.41. The molecular formula is C19H19N3O3S2. The molecule has 2 N–H and O–H groups in total. The number of benzene rings is 2. The van der Waals surface area contributed by atoms with Crippen LogP contribution in [-0.4, -0.2) is 26.6 Å².